The van der Waals surface area contributed by atoms with Crippen LogP contribution in [0.25, 0.3) is 0 Å². The second-order valence-corrected chi connectivity index (χ2v) is 3.60. The van der Waals surface area contributed by atoms with Crippen LogP contribution in [-0.4, -0.2) is 55.8 Å². The molecule has 6 heteroatoms. The predicted molar refractivity (Wildman–Crippen MR) is 66.8 cm³/mol. The molecule has 1 heterocycles. The summed E-state index contributed by atoms with van der Waals surface area (Å²) in [5, 5.41) is 3.14. The minimum atomic E-state index is 0.489. The molecule has 0 aliphatic rings. The van der Waals surface area contributed by atoms with E-state index >= 15 is 0 Å². The number of ether oxygens (including phenoxy) is 2. The first kappa shape index (κ1) is 13.5. The fourth-order valence-corrected chi connectivity index (χ4v) is 1.21. The molecule has 0 atom stereocenters. The topological polar surface area (TPSA) is 59.5 Å². The highest BCUT2D eigenvalue weighted by Gasteiger charge is 2.04. The first-order valence-corrected chi connectivity index (χ1v) is 5.59. The predicted octanol–water partition coefficient (Wildman–Crippen LogP) is 0.857. The van der Waals surface area contributed by atoms with Gasteiger partial charge in [-0.1, -0.05) is 6.92 Å². The molecule has 0 amide bonds. The van der Waals surface area contributed by atoms with E-state index < -0.39 is 0 Å². The summed E-state index contributed by atoms with van der Waals surface area (Å²) in [5.41, 5.74) is 0. The Morgan fingerprint density at radius 1 is 1.24 bits per heavy atom. The normalized spacial score (nSPS) is 10.4. The Morgan fingerprint density at radius 2 is 1.82 bits per heavy atom. The highest BCUT2D eigenvalue weighted by molar-refractivity contribution is 5.33. The van der Waals surface area contributed by atoms with Crippen LogP contribution in [0.5, 0.6) is 11.8 Å². The quantitative estimate of drug-likeness (QED) is 0.762. The van der Waals surface area contributed by atoms with Crippen molar-refractivity contribution in [2.45, 2.75) is 6.92 Å². The van der Waals surface area contributed by atoms with Gasteiger partial charge < -0.3 is 19.7 Å². The van der Waals surface area contributed by atoms with Crippen molar-refractivity contribution in [3.05, 3.63) is 6.07 Å². The van der Waals surface area contributed by atoms with Crippen LogP contribution in [0.15, 0.2) is 6.07 Å². The van der Waals surface area contributed by atoms with E-state index in [9.17, 15) is 0 Å². The molecule has 17 heavy (non-hydrogen) atoms. The van der Waals surface area contributed by atoms with Gasteiger partial charge >= 0.3 is 0 Å². The van der Waals surface area contributed by atoms with Crippen LogP contribution in [0.3, 0.4) is 0 Å². The smallest absolute Gasteiger partial charge is 0.229 e. The van der Waals surface area contributed by atoms with Crippen LogP contribution in [0, 0.1) is 0 Å². The van der Waals surface area contributed by atoms with Crippen LogP contribution in [-0.2, 0) is 0 Å². The molecule has 0 radical (unpaired) electrons. The summed E-state index contributed by atoms with van der Waals surface area (Å²) in [4.78, 5) is 10.6. The third-order valence-electron chi connectivity index (χ3n) is 2.41. The largest absolute Gasteiger partial charge is 0.481 e. The molecule has 0 aliphatic carbocycles. The molecule has 0 saturated carbocycles. The molecule has 0 saturated heterocycles. The van der Waals surface area contributed by atoms with E-state index in [-0.39, 0.29) is 0 Å². The van der Waals surface area contributed by atoms with Gasteiger partial charge in [-0.05, 0) is 13.6 Å². The van der Waals surface area contributed by atoms with Crippen LogP contribution in [0.1, 0.15) is 6.92 Å². The molecule has 0 fully saturated rings. The number of nitrogens with zero attached hydrogens (tertiary/aromatic N) is 3. The number of nitrogens with one attached hydrogen (secondary N) is 1. The van der Waals surface area contributed by atoms with Gasteiger partial charge in [-0.3, -0.25) is 0 Å². The zero-order valence-electron chi connectivity index (χ0n) is 10.9. The number of aromatic nitrogens is 2. The SMILES string of the molecule is CCN(C)CCNc1nc(OC)cc(OC)n1. The Hall–Kier alpha value is -1.56. The molecule has 0 aliphatic heterocycles. The molecule has 0 aromatic carbocycles. The van der Waals surface area contributed by atoms with Crippen molar-refractivity contribution >= 4 is 5.95 Å². The van der Waals surface area contributed by atoms with Crippen molar-refractivity contribution in [2.75, 3.05) is 46.2 Å². The average molecular weight is 240 g/mol. The van der Waals surface area contributed by atoms with Crippen molar-refractivity contribution < 1.29 is 9.47 Å². The molecule has 1 rings (SSSR count). The number of hydrogen-bond acceptors (Lipinski definition) is 6. The van der Waals surface area contributed by atoms with E-state index in [0.29, 0.717) is 17.7 Å². The Morgan fingerprint density at radius 3 is 2.29 bits per heavy atom. The molecule has 1 aromatic heterocycles. The molecule has 0 unspecified atom stereocenters. The maximum atomic E-state index is 5.06. The maximum absolute atomic E-state index is 5.06. The van der Waals surface area contributed by atoms with E-state index in [1.807, 2.05) is 0 Å². The monoisotopic (exact) mass is 240 g/mol. The lowest BCUT2D eigenvalue weighted by Gasteiger charge is -2.14. The van der Waals surface area contributed by atoms with E-state index in [4.69, 9.17) is 9.47 Å². The highest BCUT2D eigenvalue weighted by Crippen LogP contribution is 2.16. The summed E-state index contributed by atoms with van der Waals surface area (Å²) in [7, 11) is 5.20. The minimum absolute atomic E-state index is 0.489. The third kappa shape index (κ3) is 4.44. The van der Waals surface area contributed by atoms with Crippen molar-refractivity contribution in [2.24, 2.45) is 0 Å². The Labute approximate surface area is 102 Å². The zero-order chi connectivity index (χ0) is 12.7. The fourth-order valence-electron chi connectivity index (χ4n) is 1.21. The van der Waals surface area contributed by atoms with Gasteiger partial charge in [0.25, 0.3) is 0 Å². The van der Waals surface area contributed by atoms with Gasteiger partial charge in [-0.15, -0.1) is 0 Å². The Balaban J connectivity index is 2.57. The number of anilines is 1. The van der Waals surface area contributed by atoms with Gasteiger partial charge in [0.1, 0.15) is 0 Å². The second-order valence-electron chi connectivity index (χ2n) is 3.60. The summed E-state index contributed by atoms with van der Waals surface area (Å²) in [6.45, 7) is 4.84. The first-order valence-electron chi connectivity index (χ1n) is 5.59. The van der Waals surface area contributed by atoms with E-state index in [0.717, 1.165) is 19.6 Å². The van der Waals surface area contributed by atoms with Crippen molar-refractivity contribution in [3.8, 4) is 11.8 Å². The second kappa shape index (κ2) is 6.90. The lowest BCUT2D eigenvalue weighted by atomic mass is 10.5. The number of methoxy groups -OCH3 is 2. The molecule has 0 spiro atoms. The Bertz CT molecular complexity index is 324. The molecular weight excluding hydrogens is 220 g/mol. The summed E-state index contributed by atoms with van der Waals surface area (Å²) in [6, 6.07) is 1.64. The van der Waals surface area contributed by atoms with Crippen LogP contribution < -0.4 is 14.8 Å². The van der Waals surface area contributed by atoms with Gasteiger partial charge in [0.2, 0.25) is 17.7 Å². The summed E-state index contributed by atoms with van der Waals surface area (Å²) in [6.07, 6.45) is 0. The van der Waals surface area contributed by atoms with E-state index in [1.165, 1.54) is 0 Å². The summed E-state index contributed by atoms with van der Waals surface area (Å²) in [5.74, 6) is 1.50. The highest BCUT2D eigenvalue weighted by atomic mass is 16.5. The van der Waals surface area contributed by atoms with Crippen LogP contribution in [0.4, 0.5) is 5.95 Å². The average Bonchev–Trinajstić information content (AvgIpc) is 2.37. The summed E-state index contributed by atoms with van der Waals surface area (Å²) >= 11 is 0. The first-order chi connectivity index (χ1) is 8.19. The lowest BCUT2D eigenvalue weighted by molar-refractivity contribution is 0.364. The minimum Gasteiger partial charge on any atom is -0.481 e. The molecular formula is C11H20N4O2. The standard InChI is InChI=1S/C11H20N4O2/c1-5-15(2)7-6-12-11-13-9(16-3)8-10(14-11)17-4/h8H,5-7H2,1-4H3,(H,12,13,14). The molecule has 1 aromatic rings. The third-order valence-corrected chi connectivity index (χ3v) is 2.41. The van der Waals surface area contributed by atoms with E-state index in [1.54, 1.807) is 20.3 Å². The van der Waals surface area contributed by atoms with Gasteiger partial charge in [-0.25, -0.2) is 0 Å². The van der Waals surface area contributed by atoms with Gasteiger partial charge in [-0.2, -0.15) is 9.97 Å². The van der Waals surface area contributed by atoms with Crippen LogP contribution in [0.2, 0.25) is 0 Å². The molecule has 0 bridgehead atoms. The van der Waals surface area contributed by atoms with E-state index in [2.05, 4.69) is 34.2 Å². The van der Waals surface area contributed by atoms with Crippen LogP contribution >= 0.6 is 0 Å². The van der Waals surface area contributed by atoms with Crippen molar-refractivity contribution in [1.82, 2.24) is 14.9 Å². The summed E-state index contributed by atoms with van der Waals surface area (Å²) < 4.78 is 10.1. The molecule has 96 valence electrons. The number of rotatable bonds is 7. The van der Waals surface area contributed by atoms with Crippen molar-refractivity contribution in [3.63, 3.8) is 0 Å². The van der Waals surface area contributed by atoms with Gasteiger partial charge in [0, 0.05) is 13.1 Å². The number of hydrogen-bond donors (Lipinski definition) is 1. The zero-order valence-corrected chi connectivity index (χ0v) is 10.9. The molecule has 6 nitrogen and oxygen atoms in total. The Kier molecular flexibility index (Phi) is 5.48. The number of likely N-dealkylation sites (N-methyl/N-ethyl adjacent to an activating group) is 1. The maximum Gasteiger partial charge on any atom is 0.229 e. The lowest BCUT2D eigenvalue weighted by Crippen LogP contribution is -2.25. The van der Waals surface area contributed by atoms with Crippen molar-refractivity contribution in [1.29, 1.82) is 0 Å². The molecule has 1 N–H and O–H groups in total. The van der Waals surface area contributed by atoms with Gasteiger partial charge in [0.15, 0.2) is 0 Å². The fraction of sp³-hybridized carbons (Fsp3) is 0.636. The van der Waals surface area contributed by atoms with Gasteiger partial charge in [0.05, 0.1) is 20.3 Å².